The second-order valence-corrected chi connectivity index (χ2v) is 10.9. The summed E-state index contributed by atoms with van der Waals surface area (Å²) in [7, 11) is -1.51. The number of hydrogen-bond donors (Lipinski definition) is 0. The third-order valence-corrected chi connectivity index (χ3v) is 5.70. The molecule has 13 heteroatoms. The van der Waals surface area contributed by atoms with E-state index in [1.165, 1.54) is 9.47 Å². The number of aromatic nitrogens is 2. The van der Waals surface area contributed by atoms with E-state index in [0.717, 1.165) is 13.4 Å². The van der Waals surface area contributed by atoms with Gasteiger partial charge in [-0.25, -0.2) is 9.78 Å². The molecule has 12 nitrogen and oxygen atoms in total. The van der Waals surface area contributed by atoms with Gasteiger partial charge in [0, 0.05) is 26.4 Å². The lowest BCUT2D eigenvalue weighted by Crippen LogP contribution is -2.37. The van der Waals surface area contributed by atoms with Gasteiger partial charge in [0.1, 0.15) is 11.4 Å². The summed E-state index contributed by atoms with van der Waals surface area (Å²) in [5, 5.41) is 0. The van der Waals surface area contributed by atoms with Crippen LogP contribution in [0.25, 0.3) is 0 Å². The van der Waals surface area contributed by atoms with Crippen LogP contribution in [-0.4, -0.2) is 66.7 Å². The Balaban J connectivity index is 2.35. The van der Waals surface area contributed by atoms with Crippen molar-refractivity contribution in [2.45, 2.75) is 77.5 Å². The second kappa shape index (κ2) is 11.2. The van der Waals surface area contributed by atoms with Gasteiger partial charge in [0.05, 0.1) is 19.4 Å². The zero-order valence-electron chi connectivity index (χ0n) is 21.0. The van der Waals surface area contributed by atoms with Crippen molar-refractivity contribution in [3.63, 3.8) is 0 Å². The van der Waals surface area contributed by atoms with Crippen LogP contribution in [0.2, 0.25) is 0 Å². The van der Waals surface area contributed by atoms with Crippen LogP contribution in [0.4, 0.5) is 0 Å². The highest BCUT2D eigenvalue weighted by molar-refractivity contribution is 7.86. The highest BCUT2D eigenvalue weighted by Gasteiger charge is 2.33. The Morgan fingerprint density at radius 2 is 1.83 bits per heavy atom. The molecule has 2 heterocycles. The Morgan fingerprint density at radius 1 is 1.17 bits per heavy atom. The molecule has 0 aliphatic carbocycles. The number of amides is 1. The number of fused-ring (bicyclic) bond motifs is 1. The number of ether oxygens (including phenoxy) is 2. The average molecular weight is 516 g/mol. The van der Waals surface area contributed by atoms with Crippen LogP contribution in [-0.2, 0) is 35.7 Å². The first-order chi connectivity index (χ1) is 16.1. The first-order valence-electron chi connectivity index (χ1n) is 11.2. The number of esters is 2. The van der Waals surface area contributed by atoms with Crippen molar-refractivity contribution in [2.24, 2.45) is 0 Å². The number of hydrogen-bond acceptors (Lipinski definition) is 10. The summed E-state index contributed by atoms with van der Waals surface area (Å²) in [6.45, 7) is 5.49. The van der Waals surface area contributed by atoms with E-state index in [4.69, 9.17) is 8.92 Å². The molecular weight excluding hydrogens is 482 g/mol. The molecule has 0 aromatic carbocycles. The molecule has 1 unspecified atom stereocenters. The summed E-state index contributed by atoms with van der Waals surface area (Å²) in [5.41, 5.74) is -2.04. The number of rotatable bonds is 8. The van der Waals surface area contributed by atoms with Crippen molar-refractivity contribution in [1.29, 1.82) is 0 Å². The maximum Gasteiger partial charge on any atom is 0.360 e. The summed E-state index contributed by atoms with van der Waals surface area (Å²) in [4.78, 5) is 56.0. The Hall–Kier alpha value is -2.96. The normalized spacial score (nSPS) is 16.0. The zero-order chi connectivity index (χ0) is 26.6. The quantitative estimate of drug-likeness (QED) is 0.368. The molecular formula is C22H33N3O9S. The molecule has 1 atom stereocenters. The molecule has 0 saturated heterocycles. The fourth-order valence-corrected chi connectivity index (χ4v) is 4.17. The molecule has 1 aliphatic rings. The Labute approximate surface area is 204 Å². The SMILES string of the molecule is COC(=O)c1nc2n(c(=O)c1OS(C)(=O)=O)CCCCC2N(C)C(=O)CCCC(=O)OC(C)(C)C. The van der Waals surface area contributed by atoms with E-state index in [1.807, 2.05) is 0 Å². The molecule has 1 aromatic rings. The van der Waals surface area contributed by atoms with E-state index < -0.39 is 50.7 Å². The monoisotopic (exact) mass is 515 g/mol. The lowest BCUT2D eigenvalue weighted by Gasteiger charge is -2.28. The molecule has 0 spiro atoms. The van der Waals surface area contributed by atoms with Gasteiger partial charge >= 0.3 is 22.1 Å². The highest BCUT2D eigenvalue weighted by Crippen LogP contribution is 2.29. The van der Waals surface area contributed by atoms with Crippen LogP contribution in [0.3, 0.4) is 0 Å². The molecule has 1 aromatic heterocycles. The van der Waals surface area contributed by atoms with Crippen LogP contribution in [0, 0.1) is 0 Å². The van der Waals surface area contributed by atoms with Gasteiger partial charge in [-0.15, -0.1) is 0 Å². The van der Waals surface area contributed by atoms with E-state index >= 15 is 0 Å². The molecule has 0 radical (unpaired) electrons. The van der Waals surface area contributed by atoms with E-state index in [1.54, 1.807) is 27.8 Å². The molecule has 1 aliphatic heterocycles. The van der Waals surface area contributed by atoms with Crippen LogP contribution in [0.15, 0.2) is 4.79 Å². The van der Waals surface area contributed by atoms with Crippen LogP contribution >= 0.6 is 0 Å². The van der Waals surface area contributed by atoms with Crippen molar-refractivity contribution < 1.29 is 36.5 Å². The standard InChI is InChI=1S/C22H33N3O9S/c1-22(2,3)33-16(27)12-9-11-15(26)24(4)14-10-7-8-13-25-19(14)23-17(21(29)32-5)18(20(25)28)34-35(6,30)31/h14H,7-13H2,1-6H3. The summed E-state index contributed by atoms with van der Waals surface area (Å²) in [6.07, 6.45) is 2.86. The molecule has 2 rings (SSSR count). The molecule has 0 bridgehead atoms. The van der Waals surface area contributed by atoms with Gasteiger partial charge in [-0.05, 0) is 46.5 Å². The Bertz CT molecular complexity index is 1140. The van der Waals surface area contributed by atoms with Crippen LogP contribution < -0.4 is 9.74 Å². The second-order valence-electron chi connectivity index (χ2n) is 9.34. The predicted molar refractivity (Wildman–Crippen MR) is 124 cm³/mol. The van der Waals surface area contributed by atoms with Gasteiger partial charge in [0.25, 0.3) is 5.56 Å². The van der Waals surface area contributed by atoms with E-state index in [9.17, 15) is 27.6 Å². The molecule has 35 heavy (non-hydrogen) atoms. The Kier molecular flexibility index (Phi) is 9.04. The highest BCUT2D eigenvalue weighted by atomic mass is 32.2. The molecule has 196 valence electrons. The van der Waals surface area contributed by atoms with Crippen molar-refractivity contribution in [1.82, 2.24) is 14.5 Å². The topological polar surface area (TPSA) is 151 Å². The van der Waals surface area contributed by atoms with Gasteiger partial charge in [0.15, 0.2) is 5.69 Å². The van der Waals surface area contributed by atoms with E-state index in [2.05, 4.69) is 9.72 Å². The van der Waals surface area contributed by atoms with Crippen molar-refractivity contribution >= 4 is 28.0 Å². The minimum absolute atomic E-state index is 0.0651. The number of methoxy groups -OCH3 is 1. The van der Waals surface area contributed by atoms with Gasteiger partial charge < -0.3 is 18.6 Å². The number of carbonyl (C=O) groups is 3. The van der Waals surface area contributed by atoms with Crippen molar-refractivity contribution in [2.75, 3.05) is 20.4 Å². The molecule has 1 amide bonds. The zero-order valence-corrected chi connectivity index (χ0v) is 21.8. The molecule has 0 N–H and O–H groups in total. The van der Waals surface area contributed by atoms with E-state index in [-0.39, 0.29) is 37.5 Å². The minimum atomic E-state index is -4.14. The van der Waals surface area contributed by atoms with Crippen LogP contribution in [0.1, 0.15) is 81.7 Å². The maximum atomic E-state index is 13.2. The summed E-state index contributed by atoms with van der Waals surface area (Å²) < 4.78 is 39.4. The summed E-state index contributed by atoms with van der Waals surface area (Å²) in [5.74, 6) is -2.33. The number of carbonyl (C=O) groups excluding carboxylic acids is 3. The summed E-state index contributed by atoms with van der Waals surface area (Å²) in [6, 6.07) is -0.657. The molecule has 0 fully saturated rings. The first-order valence-corrected chi connectivity index (χ1v) is 13.1. The van der Waals surface area contributed by atoms with Crippen molar-refractivity contribution in [3.8, 4) is 5.75 Å². The minimum Gasteiger partial charge on any atom is -0.464 e. The van der Waals surface area contributed by atoms with Gasteiger partial charge in [-0.1, -0.05) is 0 Å². The van der Waals surface area contributed by atoms with Gasteiger partial charge in [-0.2, -0.15) is 8.42 Å². The predicted octanol–water partition coefficient (Wildman–Crippen LogP) is 1.56. The lowest BCUT2D eigenvalue weighted by molar-refractivity contribution is -0.155. The van der Waals surface area contributed by atoms with Gasteiger partial charge in [-0.3, -0.25) is 19.0 Å². The molecule has 0 saturated carbocycles. The largest absolute Gasteiger partial charge is 0.464 e. The van der Waals surface area contributed by atoms with Crippen molar-refractivity contribution in [3.05, 3.63) is 21.9 Å². The first kappa shape index (κ1) is 28.3. The Morgan fingerprint density at radius 3 is 2.40 bits per heavy atom. The average Bonchev–Trinajstić information content (AvgIpc) is 2.94. The van der Waals surface area contributed by atoms with Crippen LogP contribution in [0.5, 0.6) is 5.75 Å². The fourth-order valence-electron chi connectivity index (χ4n) is 3.72. The summed E-state index contributed by atoms with van der Waals surface area (Å²) >= 11 is 0. The smallest absolute Gasteiger partial charge is 0.360 e. The lowest BCUT2D eigenvalue weighted by atomic mass is 10.1. The van der Waals surface area contributed by atoms with Gasteiger partial charge in [0.2, 0.25) is 11.7 Å². The third kappa shape index (κ3) is 7.77. The van der Waals surface area contributed by atoms with E-state index in [0.29, 0.717) is 19.3 Å². The number of nitrogens with zero attached hydrogens (tertiary/aromatic N) is 3. The maximum absolute atomic E-state index is 13.2. The fraction of sp³-hybridized carbons (Fsp3) is 0.682. The third-order valence-electron chi connectivity index (χ3n) is 5.23.